The summed E-state index contributed by atoms with van der Waals surface area (Å²) < 4.78 is 114. The van der Waals surface area contributed by atoms with Crippen molar-refractivity contribution in [3.05, 3.63) is 148 Å². The van der Waals surface area contributed by atoms with E-state index in [0.717, 1.165) is 11.8 Å². The number of halogens is 7. The minimum Gasteiger partial charge on any atom is -0.493 e. The second-order valence-corrected chi connectivity index (χ2v) is 12.9. The minimum atomic E-state index is -5.78. The van der Waals surface area contributed by atoms with Gasteiger partial charge in [-0.15, -0.1) is 11.8 Å². The molecule has 0 saturated heterocycles. The fourth-order valence-electron chi connectivity index (χ4n) is 5.36. The summed E-state index contributed by atoms with van der Waals surface area (Å²) in [5, 5.41) is 5.56. The van der Waals surface area contributed by atoms with Gasteiger partial charge in [0, 0.05) is 16.1 Å². The number of benzene rings is 5. The summed E-state index contributed by atoms with van der Waals surface area (Å²) in [6.45, 7) is 0. The third-order valence-corrected chi connectivity index (χ3v) is 9.26. The highest BCUT2D eigenvalue weighted by atomic mass is 32.2. The van der Waals surface area contributed by atoms with Gasteiger partial charge in [-0.05, 0) is 59.7 Å². The van der Waals surface area contributed by atoms with Crippen LogP contribution in [0.5, 0.6) is 17.2 Å². The lowest BCUT2D eigenvalue weighted by Crippen LogP contribution is -2.30. The van der Waals surface area contributed by atoms with Crippen LogP contribution in [0.4, 0.5) is 42.1 Å². The van der Waals surface area contributed by atoms with E-state index in [1.54, 1.807) is 41.7 Å². The molecule has 0 saturated carbocycles. The van der Waals surface area contributed by atoms with Gasteiger partial charge in [0.15, 0.2) is 34.8 Å². The Kier molecular flexibility index (Phi) is 13.1. The Morgan fingerprint density at radius 2 is 1.28 bits per heavy atom. The average Bonchev–Trinajstić information content (AvgIpc) is 3.20. The van der Waals surface area contributed by atoms with Gasteiger partial charge >= 0.3 is 6.18 Å². The zero-order valence-electron chi connectivity index (χ0n) is 29.9. The Bertz CT molecular complexity index is 2270. The molecule has 0 aliphatic heterocycles. The molecule has 1 unspecified atom stereocenters. The van der Waals surface area contributed by atoms with Gasteiger partial charge in [0.2, 0.25) is 11.7 Å². The van der Waals surface area contributed by atoms with Crippen LogP contribution in [0.3, 0.4) is 0 Å². The predicted molar refractivity (Wildman–Crippen MR) is 198 cm³/mol. The van der Waals surface area contributed by atoms with Crippen molar-refractivity contribution in [2.75, 3.05) is 32.0 Å². The van der Waals surface area contributed by atoms with Gasteiger partial charge in [-0.25, -0.2) is 17.6 Å². The topological polar surface area (TPSA) is 115 Å². The molecule has 0 aromatic heterocycles. The summed E-state index contributed by atoms with van der Waals surface area (Å²) in [7, 11) is 4.21. The second-order valence-electron chi connectivity index (χ2n) is 11.7. The van der Waals surface area contributed by atoms with Crippen LogP contribution in [0.2, 0.25) is 0 Å². The number of amides is 3. The molecule has 9 nitrogen and oxygen atoms in total. The minimum absolute atomic E-state index is 0.144. The van der Waals surface area contributed by atoms with Gasteiger partial charge in [0.1, 0.15) is 22.2 Å². The van der Waals surface area contributed by atoms with Crippen LogP contribution in [0, 0.1) is 23.3 Å². The first kappa shape index (κ1) is 41.7. The molecule has 5 aromatic carbocycles. The smallest absolute Gasteiger partial charge is 0.422 e. The molecule has 1 atom stereocenters. The first-order valence-corrected chi connectivity index (χ1v) is 17.3. The van der Waals surface area contributed by atoms with Crippen LogP contribution < -0.4 is 30.2 Å². The predicted octanol–water partition coefficient (Wildman–Crippen LogP) is 9.17. The van der Waals surface area contributed by atoms with E-state index in [0.29, 0.717) is 5.56 Å². The number of methoxy groups -OCH3 is 3. The quantitative estimate of drug-likeness (QED) is 0.0470. The number of ether oxygens (including phenoxy) is 3. The van der Waals surface area contributed by atoms with Crippen molar-refractivity contribution in [1.29, 1.82) is 0 Å². The number of nitrogens with one attached hydrogen (secondary N) is 3. The van der Waals surface area contributed by atoms with Crippen molar-refractivity contribution in [3.63, 3.8) is 0 Å². The molecule has 5 aromatic rings. The Morgan fingerprint density at radius 3 is 1.82 bits per heavy atom. The molecule has 3 amide bonds. The van der Waals surface area contributed by atoms with E-state index in [9.17, 15) is 45.1 Å². The number of hydrogen-bond acceptors (Lipinski definition) is 7. The maximum absolute atomic E-state index is 14.8. The van der Waals surface area contributed by atoms with Crippen molar-refractivity contribution in [3.8, 4) is 17.2 Å². The van der Waals surface area contributed by atoms with Crippen LogP contribution in [-0.4, -0.2) is 39.1 Å². The van der Waals surface area contributed by atoms with E-state index in [4.69, 9.17) is 14.2 Å². The first-order chi connectivity index (χ1) is 27.2. The molecule has 0 spiro atoms. The van der Waals surface area contributed by atoms with Crippen molar-refractivity contribution in [2.45, 2.75) is 16.3 Å². The molecule has 296 valence electrons. The fraction of sp³-hybridized carbons (Fsp3) is 0.125. The van der Waals surface area contributed by atoms with Crippen LogP contribution >= 0.6 is 11.8 Å². The Balaban J connectivity index is 1.46. The lowest BCUT2D eigenvalue weighted by Gasteiger charge is -2.19. The summed E-state index contributed by atoms with van der Waals surface area (Å²) in [5.74, 6) is -12.2. The zero-order chi connectivity index (χ0) is 41.4. The molecule has 0 aliphatic rings. The highest BCUT2D eigenvalue weighted by molar-refractivity contribution is 8.00. The lowest BCUT2D eigenvalue weighted by atomic mass is 10.1. The standard InChI is InChI=1S/C40H30F7N3O6S/c1-54-27-18-21(19-28(55-2)35(27)56-3)17-26(49-37(51)23-13-8-5-9-14-23)38(52)48-24-15-10-16-25(20-24)57-36(22-11-6-4-7-12-22)39(53)50-34-32(43)30(41)29(40(45,46)47)31(42)33(34)44/h4-20,36H,1-3H3,(H,48,52)(H,49,51)(H,50,53)/b26-17+. The van der Waals surface area contributed by atoms with E-state index in [1.165, 1.54) is 88.1 Å². The SMILES string of the molecule is COc1cc(/C=C(/NC(=O)c2ccccc2)C(=O)Nc2cccc(SC(C(=O)Nc3c(F)c(F)c(C(F)(F)F)c(F)c3F)c3ccccc3)c2)cc(OC)c1OC. The van der Waals surface area contributed by atoms with E-state index < -0.39 is 63.7 Å². The zero-order valence-corrected chi connectivity index (χ0v) is 30.7. The Hall–Kier alpha value is -6.49. The summed E-state index contributed by atoms with van der Waals surface area (Å²) >= 11 is 0.769. The molecule has 0 fully saturated rings. The van der Waals surface area contributed by atoms with E-state index in [1.807, 2.05) is 0 Å². The normalized spacial score (nSPS) is 12.0. The van der Waals surface area contributed by atoms with Crippen molar-refractivity contribution in [2.24, 2.45) is 0 Å². The van der Waals surface area contributed by atoms with Gasteiger partial charge < -0.3 is 30.2 Å². The molecular weight excluding hydrogens is 784 g/mol. The summed E-state index contributed by atoms with van der Waals surface area (Å²) in [4.78, 5) is 40.8. The lowest BCUT2D eigenvalue weighted by molar-refractivity contribution is -0.143. The molecule has 0 radical (unpaired) electrons. The van der Waals surface area contributed by atoms with Gasteiger partial charge in [-0.1, -0.05) is 54.6 Å². The van der Waals surface area contributed by atoms with Crippen LogP contribution in [0.25, 0.3) is 6.08 Å². The molecule has 57 heavy (non-hydrogen) atoms. The fourth-order valence-corrected chi connectivity index (χ4v) is 6.44. The average molecular weight is 814 g/mol. The number of thioether (sulfide) groups is 1. The molecule has 17 heteroatoms. The first-order valence-electron chi connectivity index (χ1n) is 16.4. The maximum Gasteiger partial charge on any atom is 0.422 e. The molecule has 0 bridgehead atoms. The molecular formula is C40H30F7N3O6S. The third-order valence-electron chi connectivity index (χ3n) is 8.01. The number of hydrogen-bond donors (Lipinski definition) is 3. The van der Waals surface area contributed by atoms with E-state index in [2.05, 4.69) is 10.6 Å². The van der Waals surface area contributed by atoms with Gasteiger partial charge in [0.25, 0.3) is 11.8 Å². The number of carbonyl (C=O) groups is 3. The molecule has 5 rings (SSSR count). The highest BCUT2D eigenvalue weighted by Crippen LogP contribution is 2.42. The molecule has 0 aliphatic carbocycles. The monoisotopic (exact) mass is 813 g/mol. The molecule has 3 N–H and O–H groups in total. The van der Waals surface area contributed by atoms with Crippen molar-refractivity contribution in [1.82, 2.24) is 5.32 Å². The summed E-state index contributed by atoms with van der Waals surface area (Å²) in [5.41, 5.74) is -3.79. The summed E-state index contributed by atoms with van der Waals surface area (Å²) in [6, 6.07) is 24.6. The Labute approximate surface area is 324 Å². The van der Waals surface area contributed by atoms with E-state index in [-0.39, 0.29) is 44.7 Å². The highest BCUT2D eigenvalue weighted by Gasteiger charge is 2.43. The summed E-state index contributed by atoms with van der Waals surface area (Å²) in [6.07, 6.45) is -4.41. The van der Waals surface area contributed by atoms with Crippen molar-refractivity contribution < 1.29 is 59.3 Å². The number of alkyl halides is 3. The van der Waals surface area contributed by atoms with Crippen LogP contribution in [-0.2, 0) is 15.8 Å². The van der Waals surface area contributed by atoms with Gasteiger partial charge in [-0.2, -0.15) is 13.2 Å². The second kappa shape index (κ2) is 18.0. The number of rotatable bonds is 13. The van der Waals surface area contributed by atoms with Gasteiger partial charge in [-0.3, -0.25) is 14.4 Å². The van der Waals surface area contributed by atoms with Crippen LogP contribution in [0.15, 0.2) is 108 Å². The van der Waals surface area contributed by atoms with Gasteiger partial charge in [0.05, 0.1) is 21.3 Å². The van der Waals surface area contributed by atoms with Crippen molar-refractivity contribution >= 4 is 46.9 Å². The van der Waals surface area contributed by atoms with E-state index >= 15 is 0 Å². The molecule has 0 heterocycles. The Morgan fingerprint density at radius 1 is 0.702 bits per heavy atom. The number of anilines is 2. The maximum atomic E-state index is 14.8. The van der Waals surface area contributed by atoms with Crippen LogP contribution in [0.1, 0.15) is 32.3 Å². The third kappa shape index (κ3) is 9.67. The number of carbonyl (C=O) groups excluding carboxylic acids is 3. The largest absolute Gasteiger partial charge is 0.493 e.